The quantitative estimate of drug-likeness (QED) is 0.461. The molecule has 20 heavy (non-hydrogen) atoms. The largest absolute Gasteiger partial charge is 0.378 e. The van der Waals surface area contributed by atoms with E-state index in [0.717, 1.165) is 6.54 Å². The molecule has 0 aromatic carbocycles. The molecule has 1 aliphatic heterocycles. The molecule has 1 rings (SSSR count). The fourth-order valence-electron chi connectivity index (χ4n) is 2.29. The van der Waals surface area contributed by atoms with E-state index in [0.29, 0.717) is 25.8 Å². The third-order valence-corrected chi connectivity index (χ3v) is 3.31. The summed E-state index contributed by atoms with van der Waals surface area (Å²) in [6.07, 6.45) is 7.34. The molecule has 0 aromatic heterocycles. The number of nitrogens with one attached hydrogen (secondary N) is 1. The van der Waals surface area contributed by atoms with E-state index in [1.54, 1.807) is 0 Å². The Balaban J connectivity index is 2.04. The Kier molecular flexibility index (Phi) is 8.14. The molecule has 5 heteroatoms. The van der Waals surface area contributed by atoms with Gasteiger partial charge < -0.3 is 10.1 Å². The van der Waals surface area contributed by atoms with Gasteiger partial charge in [-0.1, -0.05) is 26.7 Å². The fraction of sp³-hybridized carbons (Fsp3) is 0.733. The Hall–Kier alpha value is -1.20. The summed E-state index contributed by atoms with van der Waals surface area (Å²) in [6, 6.07) is 0.569. The molecule has 2 amide bonds. The van der Waals surface area contributed by atoms with Gasteiger partial charge in [0.05, 0.1) is 19.8 Å². The summed E-state index contributed by atoms with van der Waals surface area (Å²) in [6.45, 7) is 6.53. The summed E-state index contributed by atoms with van der Waals surface area (Å²) in [5, 5.41) is 3.48. The molecule has 0 atom stereocenters. The highest BCUT2D eigenvalue weighted by molar-refractivity contribution is 6.12. The van der Waals surface area contributed by atoms with E-state index in [9.17, 15) is 9.59 Å². The first-order valence-corrected chi connectivity index (χ1v) is 7.53. The van der Waals surface area contributed by atoms with E-state index < -0.39 is 0 Å². The number of amides is 2. The molecule has 114 valence electrons. The van der Waals surface area contributed by atoms with E-state index in [1.165, 1.54) is 42.7 Å². The van der Waals surface area contributed by atoms with E-state index in [1.807, 2.05) is 0 Å². The highest BCUT2D eigenvalue weighted by atomic mass is 16.5. The molecule has 1 heterocycles. The maximum Gasteiger partial charge on any atom is 0.253 e. The molecule has 0 spiro atoms. The summed E-state index contributed by atoms with van der Waals surface area (Å²) in [5.74, 6) is -0.495. The van der Waals surface area contributed by atoms with Crippen LogP contribution in [-0.2, 0) is 14.3 Å². The van der Waals surface area contributed by atoms with Crippen molar-refractivity contribution in [1.29, 1.82) is 0 Å². The summed E-state index contributed by atoms with van der Waals surface area (Å²) in [7, 11) is 0. The molecule has 0 saturated carbocycles. The molecule has 1 N–H and O–H groups in total. The fourth-order valence-corrected chi connectivity index (χ4v) is 2.29. The third-order valence-electron chi connectivity index (χ3n) is 3.31. The summed E-state index contributed by atoms with van der Waals surface area (Å²) >= 11 is 0. The number of hydrogen-bond acceptors (Lipinski definition) is 4. The van der Waals surface area contributed by atoms with Crippen LogP contribution in [0.15, 0.2) is 12.2 Å². The molecule has 0 aliphatic carbocycles. The molecular formula is C15H26N2O3. The summed E-state index contributed by atoms with van der Waals surface area (Å²) in [5.41, 5.74) is 0. The van der Waals surface area contributed by atoms with E-state index in [-0.39, 0.29) is 11.8 Å². The minimum Gasteiger partial charge on any atom is -0.378 e. The van der Waals surface area contributed by atoms with Gasteiger partial charge in [-0.05, 0) is 12.8 Å². The first-order valence-electron chi connectivity index (χ1n) is 7.53. The zero-order valence-corrected chi connectivity index (χ0v) is 12.6. The van der Waals surface area contributed by atoms with E-state index in [2.05, 4.69) is 19.2 Å². The van der Waals surface area contributed by atoms with Gasteiger partial charge in [0.2, 0.25) is 0 Å². The zero-order valence-electron chi connectivity index (χ0n) is 12.6. The van der Waals surface area contributed by atoms with Crippen LogP contribution in [0.5, 0.6) is 0 Å². The van der Waals surface area contributed by atoms with Crippen molar-refractivity contribution in [1.82, 2.24) is 10.2 Å². The van der Waals surface area contributed by atoms with Crippen LogP contribution in [0.1, 0.15) is 39.5 Å². The number of nitrogens with zero attached hydrogens (tertiary/aromatic N) is 1. The Morgan fingerprint density at radius 3 is 2.25 bits per heavy atom. The second-order valence-corrected chi connectivity index (χ2v) is 5.00. The molecular weight excluding hydrogens is 256 g/mol. The standard InChI is InChI=1S/C15H26N2O3/c1-3-5-13(6-4-2)16-9-11-20-12-10-17-14(18)7-8-15(17)19/h7-8,13,16H,3-6,9-12H2,1-2H3. The predicted molar refractivity (Wildman–Crippen MR) is 78.3 cm³/mol. The van der Waals surface area contributed by atoms with Crippen molar-refractivity contribution in [2.75, 3.05) is 26.3 Å². The van der Waals surface area contributed by atoms with Crippen LogP contribution in [-0.4, -0.2) is 49.1 Å². The van der Waals surface area contributed by atoms with Gasteiger partial charge in [0.15, 0.2) is 0 Å². The Morgan fingerprint density at radius 1 is 1.10 bits per heavy atom. The van der Waals surface area contributed by atoms with Crippen molar-refractivity contribution in [2.45, 2.75) is 45.6 Å². The second kappa shape index (κ2) is 9.66. The van der Waals surface area contributed by atoms with E-state index >= 15 is 0 Å². The molecule has 0 saturated heterocycles. The van der Waals surface area contributed by atoms with Gasteiger partial charge >= 0.3 is 0 Å². The first kappa shape index (κ1) is 16.9. The van der Waals surface area contributed by atoms with Crippen LogP contribution in [0.4, 0.5) is 0 Å². The lowest BCUT2D eigenvalue weighted by molar-refractivity contribution is -0.137. The van der Waals surface area contributed by atoms with Gasteiger partial charge in [-0.2, -0.15) is 0 Å². The number of carbonyl (C=O) groups is 2. The van der Waals surface area contributed by atoms with Gasteiger partial charge in [0, 0.05) is 24.7 Å². The average molecular weight is 282 g/mol. The van der Waals surface area contributed by atoms with Gasteiger partial charge in [-0.25, -0.2) is 0 Å². The van der Waals surface area contributed by atoms with Crippen molar-refractivity contribution < 1.29 is 14.3 Å². The minimum atomic E-state index is -0.248. The lowest BCUT2D eigenvalue weighted by atomic mass is 10.1. The predicted octanol–water partition coefficient (Wildman–Crippen LogP) is 1.49. The molecule has 5 nitrogen and oxygen atoms in total. The number of imide groups is 1. The smallest absolute Gasteiger partial charge is 0.253 e. The van der Waals surface area contributed by atoms with Crippen LogP contribution in [0.3, 0.4) is 0 Å². The van der Waals surface area contributed by atoms with Crippen LogP contribution in [0.25, 0.3) is 0 Å². The van der Waals surface area contributed by atoms with Gasteiger partial charge in [-0.15, -0.1) is 0 Å². The number of rotatable bonds is 11. The Morgan fingerprint density at radius 2 is 1.70 bits per heavy atom. The van der Waals surface area contributed by atoms with Crippen LogP contribution < -0.4 is 5.32 Å². The minimum absolute atomic E-state index is 0.248. The molecule has 0 fully saturated rings. The van der Waals surface area contributed by atoms with Gasteiger partial charge in [-0.3, -0.25) is 14.5 Å². The topological polar surface area (TPSA) is 58.6 Å². The maximum atomic E-state index is 11.3. The molecule has 0 aromatic rings. The van der Waals surface area contributed by atoms with Crippen LogP contribution in [0, 0.1) is 0 Å². The van der Waals surface area contributed by atoms with Gasteiger partial charge in [0.25, 0.3) is 11.8 Å². The zero-order chi connectivity index (χ0) is 14.8. The van der Waals surface area contributed by atoms with Crippen molar-refractivity contribution in [2.24, 2.45) is 0 Å². The SMILES string of the molecule is CCCC(CCC)NCCOCCN1C(=O)C=CC1=O. The summed E-state index contributed by atoms with van der Waals surface area (Å²) in [4.78, 5) is 23.8. The average Bonchev–Trinajstić information content (AvgIpc) is 2.74. The maximum absolute atomic E-state index is 11.3. The van der Waals surface area contributed by atoms with Crippen LogP contribution in [0.2, 0.25) is 0 Å². The molecule has 0 unspecified atom stereocenters. The highest BCUT2D eigenvalue weighted by Gasteiger charge is 2.22. The lowest BCUT2D eigenvalue weighted by Gasteiger charge is -2.18. The highest BCUT2D eigenvalue weighted by Crippen LogP contribution is 2.04. The number of carbonyl (C=O) groups excluding carboxylic acids is 2. The summed E-state index contributed by atoms with van der Waals surface area (Å²) < 4.78 is 5.46. The Labute approximate surface area is 121 Å². The van der Waals surface area contributed by atoms with Crippen molar-refractivity contribution in [3.05, 3.63) is 12.2 Å². The van der Waals surface area contributed by atoms with Crippen LogP contribution >= 0.6 is 0 Å². The van der Waals surface area contributed by atoms with Gasteiger partial charge in [0.1, 0.15) is 0 Å². The Bertz CT molecular complexity index is 318. The van der Waals surface area contributed by atoms with E-state index in [4.69, 9.17) is 4.74 Å². The second-order valence-electron chi connectivity index (χ2n) is 5.00. The van der Waals surface area contributed by atoms with Crippen molar-refractivity contribution in [3.8, 4) is 0 Å². The van der Waals surface area contributed by atoms with Crippen molar-refractivity contribution in [3.63, 3.8) is 0 Å². The third kappa shape index (κ3) is 5.84. The molecule has 0 bridgehead atoms. The number of ether oxygens (including phenoxy) is 1. The monoisotopic (exact) mass is 282 g/mol. The number of hydrogen-bond donors (Lipinski definition) is 1. The molecule has 0 radical (unpaired) electrons. The first-order chi connectivity index (χ1) is 9.69. The van der Waals surface area contributed by atoms with Crippen molar-refractivity contribution >= 4 is 11.8 Å². The normalized spacial score (nSPS) is 14.8. The lowest BCUT2D eigenvalue weighted by Crippen LogP contribution is -2.35. The molecule has 1 aliphatic rings.